The maximum atomic E-state index is 11.9. The number of likely N-dealkylation sites (tertiary alicyclic amines) is 1. The minimum Gasteiger partial charge on any atom is -0.480 e. The Morgan fingerprint density at radius 3 is 2.74 bits per heavy atom. The Morgan fingerprint density at radius 1 is 1.30 bits per heavy atom. The van der Waals surface area contributed by atoms with Gasteiger partial charge in [0.15, 0.2) is 0 Å². The first kappa shape index (κ1) is 15.7. The fourth-order valence-electron chi connectivity index (χ4n) is 3.70. The summed E-state index contributed by atoms with van der Waals surface area (Å²) in [4.78, 5) is 18.1. The van der Waals surface area contributed by atoms with Crippen molar-refractivity contribution in [3.8, 4) is 0 Å². The first-order chi connectivity index (χ1) is 11.1. The Kier molecular flexibility index (Phi) is 4.44. The van der Waals surface area contributed by atoms with Crippen LogP contribution in [0.1, 0.15) is 42.0 Å². The molecule has 1 aliphatic heterocycles. The van der Waals surface area contributed by atoms with E-state index in [2.05, 4.69) is 41.9 Å². The van der Waals surface area contributed by atoms with Crippen LogP contribution in [0.5, 0.6) is 0 Å². The largest absolute Gasteiger partial charge is 0.480 e. The van der Waals surface area contributed by atoms with Gasteiger partial charge in [-0.1, -0.05) is 30.3 Å². The van der Waals surface area contributed by atoms with E-state index in [4.69, 9.17) is 0 Å². The molecule has 1 fully saturated rings. The summed E-state index contributed by atoms with van der Waals surface area (Å²) in [5.41, 5.74) is 3.36. The summed E-state index contributed by atoms with van der Waals surface area (Å²) in [6.07, 6.45) is 4.31. The number of hydrogen-bond acceptors (Lipinski definition) is 3. The molecule has 4 nitrogen and oxygen atoms in total. The van der Waals surface area contributed by atoms with Gasteiger partial charge in [0.05, 0.1) is 0 Å². The van der Waals surface area contributed by atoms with Gasteiger partial charge >= 0.3 is 5.97 Å². The molecule has 1 aromatic heterocycles. The first-order valence-corrected chi connectivity index (χ1v) is 8.02. The number of aromatic nitrogens is 1. The van der Waals surface area contributed by atoms with Gasteiger partial charge in [-0.25, -0.2) is 0 Å². The maximum absolute atomic E-state index is 11.9. The highest BCUT2D eigenvalue weighted by Gasteiger charge is 2.38. The average Bonchev–Trinajstić information content (AvgIpc) is 2.90. The molecule has 120 valence electrons. The number of benzene rings is 1. The van der Waals surface area contributed by atoms with Gasteiger partial charge in [-0.3, -0.25) is 14.7 Å². The summed E-state index contributed by atoms with van der Waals surface area (Å²) < 4.78 is 0. The van der Waals surface area contributed by atoms with E-state index in [9.17, 15) is 9.90 Å². The van der Waals surface area contributed by atoms with Gasteiger partial charge in [0.25, 0.3) is 0 Å². The maximum Gasteiger partial charge on any atom is 0.325 e. The summed E-state index contributed by atoms with van der Waals surface area (Å²) in [6, 6.07) is 11.6. The van der Waals surface area contributed by atoms with Crippen LogP contribution in [0.2, 0.25) is 0 Å². The molecule has 0 aliphatic carbocycles. The fourth-order valence-corrected chi connectivity index (χ4v) is 3.70. The van der Waals surface area contributed by atoms with E-state index in [1.807, 2.05) is 12.1 Å². The smallest absolute Gasteiger partial charge is 0.325 e. The molecular formula is C19H22N2O2. The van der Waals surface area contributed by atoms with Gasteiger partial charge in [-0.15, -0.1) is 0 Å². The number of aryl methyl sites for hydroxylation is 1. The molecular weight excluding hydrogens is 288 g/mol. The summed E-state index contributed by atoms with van der Waals surface area (Å²) in [5.74, 6) is -0.431. The number of nitrogens with zero attached hydrogens (tertiary/aromatic N) is 2. The van der Waals surface area contributed by atoms with Crippen molar-refractivity contribution in [2.75, 3.05) is 6.54 Å². The zero-order valence-electron chi connectivity index (χ0n) is 13.5. The van der Waals surface area contributed by atoms with Crippen LogP contribution in [0, 0.1) is 6.92 Å². The molecule has 1 aromatic carbocycles. The lowest BCUT2D eigenvalue weighted by molar-refractivity contribution is -0.144. The minimum absolute atomic E-state index is 0.223. The molecule has 0 bridgehead atoms. The van der Waals surface area contributed by atoms with E-state index in [1.54, 1.807) is 18.5 Å². The van der Waals surface area contributed by atoms with Gasteiger partial charge in [0.1, 0.15) is 6.04 Å². The second kappa shape index (κ2) is 6.50. The zero-order chi connectivity index (χ0) is 16.4. The predicted octanol–water partition coefficient (Wildman–Crippen LogP) is 3.39. The molecule has 23 heavy (non-hydrogen) atoms. The quantitative estimate of drug-likeness (QED) is 0.940. The molecule has 3 atom stereocenters. The number of aliphatic carboxylic acids is 1. The molecule has 2 heterocycles. The van der Waals surface area contributed by atoms with Crippen LogP contribution < -0.4 is 0 Å². The minimum atomic E-state index is -0.810. The van der Waals surface area contributed by atoms with E-state index in [1.165, 1.54) is 11.1 Å². The molecule has 2 aromatic rings. The van der Waals surface area contributed by atoms with E-state index in [-0.39, 0.29) is 6.04 Å². The number of carboxylic acids is 1. The lowest BCUT2D eigenvalue weighted by atomic mass is 9.93. The van der Waals surface area contributed by atoms with Crippen LogP contribution in [0.25, 0.3) is 0 Å². The summed E-state index contributed by atoms with van der Waals surface area (Å²) >= 11 is 0. The van der Waals surface area contributed by atoms with Crippen molar-refractivity contribution in [3.05, 3.63) is 65.5 Å². The zero-order valence-corrected chi connectivity index (χ0v) is 13.5. The lowest BCUT2D eigenvalue weighted by Gasteiger charge is -2.28. The first-order valence-electron chi connectivity index (χ1n) is 8.02. The van der Waals surface area contributed by atoms with Crippen molar-refractivity contribution in [2.24, 2.45) is 0 Å². The second-order valence-corrected chi connectivity index (χ2v) is 6.36. The van der Waals surface area contributed by atoms with Gasteiger partial charge in [-0.2, -0.15) is 0 Å². The molecule has 1 saturated heterocycles. The van der Waals surface area contributed by atoms with Crippen LogP contribution in [0.15, 0.2) is 48.8 Å². The molecule has 1 N–H and O–H groups in total. The van der Waals surface area contributed by atoms with Gasteiger partial charge in [-0.05, 0) is 48.9 Å². The third-order valence-electron chi connectivity index (χ3n) is 4.82. The fraction of sp³-hybridized carbons (Fsp3) is 0.368. The standard InChI is InChI=1S/C19H22N2O2/c1-13-6-3-4-8-17(13)16-10-14(2)21(12-16)18(19(22)23)15-7-5-9-20-11-15/h3-9,11,14,16,18H,10,12H2,1-2H3,(H,22,23). The lowest BCUT2D eigenvalue weighted by Crippen LogP contribution is -2.36. The molecule has 0 saturated carbocycles. The van der Waals surface area contributed by atoms with Crippen molar-refractivity contribution in [2.45, 2.75) is 38.3 Å². The van der Waals surface area contributed by atoms with Crippen molar-refractivity contribution in [1.29, 1.82) is 0 Å². The highest BCUT2D eigenvalue weighted by Crippen LogP contribution is 2.38. The van der Waals surface area contributed by atoms with Crippen LogP contribution in [-0.2, 0) is 4.79 Å². The Bertz CT molecular complexity index is 687. The van der Waals surface area contributed by atoms with Gasteiger partial charge in [0, 0.05) is 25.0 Å². The van der Waals surface area contributed by atoms with Crippen LogP contribution >= 0.6 is 0 Å². The topological polar surface area (TPSA) is 53.4 Å². The monoisotopic (exact) mass is 310 g/mol. The average molecular weight is 310 g/mol. The van der Waals surface area contributed by atoms with Gasteiger partial charge < -0.3 is 5.11 Å². The number of pyridine rings is 1. The van der Waals surface area contributed by atoms with Crippen LogP contribution in [-0.4, -0.2) is 33.5 Å². The van der Waals surface area contributed by atoms with Crippen molar-refractivity contribution in [1.82, 2.24) is 9.88 Å². The molecule has 4 heteroatoms. The molecule has 3 unspecified atom stereocenters. The predicted molar refractivity (Wildman–Crippen MR) is 89.3 cm³/mol. The van der Waals surface area contributed by atoms with Crippen molar-refractivity contribution < 1.29 is 9.90 Å². The Hall–Kier alpha value is -2.20. The summed E-state index contributed by atoms with van der Waals surface area (Å²) in [7, 11) is 0. The molecule has 0 spiro atoms. The molecule has 3 rings (SSSR count). The number of hydrogen-bond donors (Lipinski definition) is 1. The van der Waals surface area contributed by atoms with Gasteiger partial charge in [0.2, 0.25) is 0 Å². The van der Waals surface area contributed by atoms with E-state index >= 15 is 0 Å². The number of carboxylic acid groups (broad SMARTS) is 1. The van der Waals surface area contributed by atoms with E-state index < -0.39 is 12.0 Å². The van der Waals surface area contributed by atoms with Crippen LogP contribution in [0.3, 0.4) is 0 Å². The highest BCUT2D eigenvalue weighted by molar-refractivity contribution is 5.75. The van der Waals surface area contributed by atoms with Crippen LogP contribution in [0.4, 0.5) is 0 Å². The number of rotatable bonds is 4. The second-order valence-electron chi connectivity index (χ2n) is 6.36. The Balaban J connectivity index is 1.88. The normalized spacial score (nSPS) is 22.9. The van der Waals surface area contributed by atoms with E-state index in [0.717, 1.165) is 18.5 Å². The summed E-state index contributed by atoms with van der Waals surface area (Å²) in [6.45, 7) is 5.00. The van der Waals surface area contributed by atoms with E-state index in [0.29, 0.717) is 5.92 Å². The van der Waals surface area contributed by atoms with Crippen molar-refractivity contribution >= 4 is 5.97 Å². The molecule has 1 aliphatic rings. The Morgan fingerprint density at radius 2 is 2.09 bits per heavy atom. The van der Waals surface area contributed by atoms with Crippen molar-refractivity contribution in [3.63, 3.8) is 0 Å². The molecule has 0 radical (unpaired) electrons. The summed E-state index contributed by atoms with van der Waals surface area (Å²) in [5, 5.41) is 9.75. The SMILES string of the molecule is Cc1ccccc1C1CC(C)N(C(C(=O)O)c2cccnc2)C1. The molecule has 0 amide bonds. The Labute approximate surface area is 136 Å². The third-order valence-corrected chi connectivity index (χ3v) is 4.82. The number of carbonyl (C=O) groups is 1. The third kappa shape index (κ3) is 3.13. The highest BCUT2D eigenvalue weighted by atomic mass is 16.4.